The molecule has 0 aromatic heterocycles. The van der Waals surface area contributed by atoms with Crippen molar-refractivity contribution in [2.75, 3.05) is 51.3 Å². The summed E-state index contributed by atoms with van der Waals surface area (Å²) in [4.78, 5) is 18.1. The third kappa shape index (κ3) is 5.62. The number of nitrogens with zero attached hydrogens (tertiary/aromatic N) is 2. The van der Waals surface area contributed by atoms with Crippen molar-refractivity contribution in [3.63, 3.8) is 0 Å². The molecule has 0 spiro atoms. The highest BCUT2D eigenvalue weighted by Gasteiger charge is 2.31. The number of carbonyl (C=O) groups is 1. The van der Waals surface area contributed by atoms with Crippen LogP contribution in [0.3, 0.4) is 0 Å². The van der Waals surface area contributed by atoms with Crippen LogP contribution >= 0.6 is 0 Å². The van der Waals surface area contributed by atoms with E-state index >= 15 is 0 Å². The van der Waals surface area contributed by atoms with Gasteiger partial charge < -0.3 is 24.4 Å². The van der Waals surface area contributed by atoms with Gasteiger partial charge in [-0.15, -0.1) is 0 Å². The molecule has 7 nitrogen and oxygen atoms in total. The number of nitrogens with one attached hydrogen (secondary N) is 1. The molecule has 7 heteroatoms. The predicted molar refractivity (Wildman–Crippen MR) is 141 cm³/mol. The second-order valence-electron chi connectivity index (χ2n) is 10.6. The van der Waals surface area contributed by atoms with E-state index in [9.17, 15) is 4.79 Å². The molecule has 2 aromatic rings. The van der Waals surface area contributed by atoms with Gasteiger partial charge in [0.05, 0.1) is 19.8 Å². The summed E-state index contributed by atoms with van der Waals surface area (Å²) in [6.45, 7) is 12.7. The van der Waals surface area contributed by atoms with E-state index in [1.807, 2.05) is 17.9 Å². The van der Waals surface area contributed by atoms with Crippen molar-refractivity contribution in [3.05, 3.63) is 52.6 Å². The van der Waals surface area contributed by atoms with E-state index in [0.29, 0.717) is 45.4 Å². The van der Waals surface area contributed by atoms with Crippen LogP contribution in [0.5, 0.6) is 11.5 Å². The number of hydrogen-bond acceptors (Lipinski definition) is 6. The quantitative estimate of drug-likeness (QED) is 0.629. The van der Waals surface area contributed by atoms with Gasteiger partial charge in [-0.1, -0.05) is 38.1 Å². The molecule has 1 N–H and O–H groups in total. The molecule has 1 atom stereocenters. The molecule has 36 heavy (non-hydrogen) atoms. The lowest BCUT2D eigenvalue weighted by molar-refractivity contribution is -0.151. The van der Waals surface area contributed by atoms with E-state index in [4.69, 9.17) is 14.2 Å². The number of benzene rings is 2. The molecular formula is C29H39N3O4. The fraction of sp³-hybridized carbons (Fsp3) is 0.552. The highest BCUT2D eigenvalue weighted by Crippen LogP contribution is 2.35. The monoisotopic (exact) mass is 493 g/mol. The van der Waals surface area contributed by atoms with Crippen LogP contribution in [-0.2, 0) is 29.0 Å². The van der Waals surface area contributed by atoms with Gasteiger partial charge in [-0.25, -0.2) is 0 Å². The molecular weight excluding hydrogens is 454 g/mol. The number of fused-ring (bicyclic) bond motifs is 2. The zero-order valence-electron chi connectivity index (χ0n) is 21.8. The second-order valence-corrected chi connectivity index (χ2v) is 10.6. The van der Waals surface area contributed by atoms with Crippen LogP contribution in [0.15, 0.2) is 30.3 Å². The van der Waals surface area contributed by atoms with Gasteiger partial charge in [-0.3, -0.25) is 9.69 Å². The Labute approximate surface area is 214 Å². The standard InChI is InChI=1S/C29H39N3O4/c1-20(2)16-32(17-22-14-21(3)28-25(15-22)34-11-5-12-36-28)29(33)26-19-31(10-13-35-26)18-24-7-4-6-23-8-9-30-27(23)24/h4,6-7,14-15,20,26,30H,5,8-13,16-19H2,1-3H3. The molecule has 2 aromatic carbocycles. The van der Waals surface area contributed by atoms with Crippen molar-refractivity contribution in [1.29, 1.82) is 0 Å². The first-order valence-corrected chi connectivity index (χ1v) is 13.3. The molecule has 1 saturated heterocycles. The van der Waals surface area contributed by atoms with Gasteiger partial charge >= 0.3 is 0 Å². The fourth-order valence-corrected chi connectivity index (χ4v) is 5.49. The van der Waals surface area contributed by atoms with E-state index in [2.05, 4.69) is 48.3 Å². The number of para-hydroxylation sites is 1. The normalized spacial score (nSPS) is 19.5. The zero-order valence-corrected chi connectivity index (χ0v) is 21.8. The minimum Gasteiger partial charge on any atom is -0.490 e. The molecule has 1 unspecified atom stereocenters. The van der Waals surface area contributed by atoms with Crippen LogP contribution < -0.4 is 14.8 Å². The Bertz CT molecular complexity index is 1090. The summed E-state index contributed by atoms with van der Waals surface area (Å²) in [6.07, 6.45) is 1.50. The average molecular weight is 494 g/mol. The summed E-state index contributed by atoms with van der Waals surface area (Å²) in [5.41, 5.74) is 6.08. The maximum Gasteiger partial charge on any atom is 0.253 e. The summed E-state index contributed by atoms with van der Waals surface area (Å²) in [5, 5.41) is 3.54. The number of anilines is 1. The molecule has 0 bridgehead atoms. The van der Waals surface area contributed by atoms with Crippen LogP contribution in [-0.4, -0.2) is 67.8 Å². The van der Waals surface area contributed by atoms with Crippen LogP contribution in [0.4, 0.5) is 5.69 Å². The van der Waals surface area contributed by atoms with E-state index in [1.54, 1.807) is 0 Å². The maximum atomic E-state index is 13.8. The Hall–Kier alpha value is -2.77. The lowest BCUT2D eigenvalue weighted by Gasteiger charge is -2.36. The molecule has 3 aliphatic rings. The number of aryl methyl sites for hydroxylation is 1. The fourth-order valence-electron chi connectivity index (χ4n) is 5.49. The molecule has 1 fully saturated rings. The maximum absolute atomic E-state index is 13.8. The van der Waals surface area contributed by atoms with E-state index in [0.717, 1.165) is 55.1 Å². The summed E-state index contributed by atoms with van der Waals surface area (Å²) in [5.74, 6) is 2.03. The summed E-state index contributed by atoms with van der Waals surface area (Å²) in [6, 6.07) is 10.7. The minimum absolute atomic E-state index is 0.0644. The number of hydrogen-bond donors (Lipinski definition) is 1. The van der Waals surface area contributed by atoms with Crippen molar-refractivity contribution < 1.29 is 19.0 Å². The highest BCUT2D eigenvalue weighted by atomic mass is 16.5. The lowest BCUT2D eigenvalue weighted by Crippen LogP contribution is -2.51. The van der Waals surface area contributed by atoms with Gasteiger partial charge in [-0.2, -0.15) is 0 Å². The van der Waals surface area contributed by atoms with Crippen LogP contribution in [0, 0.1) is 12.8 Å². The third-order valence-electron chi connectivity index (χ3n) is 7.12. The SMILES string of the molecule is Cc1cc(CN(CC(C)C)C(=O)C2CN(Cc3cccc4c3NCC4)CCO2)cc2c1OCCCO2. The Morgan fingerprint density at radius 1 is 1.19 bits per heavy atom. The number of morpholine rings is 1. The molecule has 0 saturated carbocycles. The molecule has 194 valence electrons. The Morgan fingerprint density at radius 3 is 2.92 bits per heavy atom. The van der Waals surface area contributed by atoms with Crippen molar-refractivity contribution in [1.82, 2.24) is 9.80 Å². The van der Waals surface area contributed by atoms with Gasteiger partial charge in [-0.05, 0) is 47.6 Å². The topological polar surface area (TPSA) is 63.3 Å². The van der Waals surface area contributed by atoms with Crippen molar-refractivity contribution in [2.24, 2.45) is 5.92 Å². The number of amides is 1. The Balaban J connectivity index is 1.29. The van der Waals surface area contributed by atoms with E-state index in [-0.39, 0.29) is 5.91 Å². The predicted octanol–water partition coefficient (Wildman–Crippen LogP) is 4.01. The minimum atomic E-state index is -0.455. The first kappa shape index (κ1) is 24.9. The molecule has 0 aliphatic carbocycles. The largest absolute Gasteiger partial charge is 0.490 e. The van der Waals surface area contributed by atoms with Gasteiger partial charge in [0, 0.05) is 51.4 Å². The van der Waals surface area contributed by atoms with Crippen molar-refractivity contribution in [2.45, 2.75) is 52.8 Å². The molecule has 3 aliphatic heterocycles. The third-order valence-corrected chi connectivity index (χ3v) is 7.12. The molecule has 5 rings (SSSR count). The van der Waals surface area contributed by atoms with Gasteiger partial charge in [0.15, 0.2) is 11.5 Å². The van der Waals surface area contributed by atoms with Gasteiger partial charge in [0.2, 0.25) is 0 Å². The van der Waals surface area contributed by atoms with Crippen molar-refractivity contribution in [3.8, 4) is 11.5 Å². The van der Waals surface area contributed by atoms with Crippen LogP contribution in [0.1, 0.15) is 42.5 Å². The zero-order chi connectivity index (χ0) is 25.1. The summed E-state index contributed by atoms with van der Waals surface area (Å²) < 4.78 is 17.9. The van der Waals surface area contributed by atoms with E-state index in [1.165, 1.54) is 16.8 Å². The lowest BCUT2D eigenvalue weighted by atomic mass is 10.1. The summed E-state index contributed by atoms with van der Waals surface area (Å²) in [7, 11) is 0. The number of rotatable bonds is 7. The number of ether oxygens (including phenoxy) is 3. The Kier molecular flexibility index (Phi) is 7.67. The van der Waals surface area contributed by atoms with Gasteiger partial charge in [0.1, 0.15) is 6.10 Å². The first-order chi connectivity index (χ1) is 17.5. The first-order valence-electron chi connectivity index (χ1n) is 13.3. The van der Waals surface area contributed by atoms with Gasteiger partial charge in [0.25, 0.3) is 5.91 Å². The smallest absolute Gasteiger partial charge is 0.253 e. The van der Waals surface area contributed by atoms with E-state index < -0.39 is 6.10 Å². The molecule has 3 heterocycles. The highest BCUT2D eigenvalue weighted by molar-refractivity contribution is 5.81. The van der Waals surface area contributed by atoms with Crippen LogP contribution in [0.25, 0.3) is 0 Å². The van der Waals surface area contributed by atoms with Crippen molar-refractivity contribution >= 4 is 11.6 Å². The van der Waals surface area contributed by atoms with Crippen LogP contribution in [0.2, 0.25) is 0 Å². The second kappa shape index (κ2) is 11.1. The molecule has 1 amide bonds. The summed E-state index contributed by atoms with van der Waals surface area (Å²) >= 11 is 0. The molecule has 0 radical (unpaired) electrons. The Morgan fingerprint density at radius 2 is 2.06 bits per heavy atom. The average Bonchev–Trinajstić information content (AvgIpc) is 3.22. The number of carbonyl (C=O) groups excluding carboxylic acids is 1.